The number of fused-ring (bicyclic) bond motifs is 1. The molecule has 1 aliphatic rings. The highest BCUT2D eigenvalue weighted by Crippen LogP contribution is 2.19. The smallest absolute Gasteiger partial charge is 0.257 e. The summed E-state index contributed by atoms with van der Waals surface area (Å²) in [4.78, 5) is 33.6. The molecule has 0 spiro atoms. The predicted molar refractivity (Wildman–Crippen MR) is 97.4 cm³/mol. The standard InChI is InChI=1S/C16H18N8OS/c1-11-7-13(24-15(21-11)19-10-20-24)22-3-5-23(6-4-22)14(25)12-8-17-16(26-2)18-9-12/h7-10H,3-6H2,1-2H3. The molecule has 0 atom stereocenters. The van der Waals surface area contributed by atoms with Crippen molar-refractivity contribution in [3.8, 4) is 0 Å². The van der Waals surface area contributed by atoms with Crippen molar-refractivity contribution in [2.45, 2.75) is 12.1 Å². The lowest BCUT2D eigenvalue weighted by Gasteiger charge is -2.35. The van der Waals surface area contributed by atoms with Crippen molar-refractivity contribution < 1.29 is 4.79 Å². The number of rotatable bonds is 3. The maximum atomic E-state index is 12.7. The van der Waals surface area contributed by atoms with Gasteiger partial charge in [-0.15, -0.1) is 0 Å². The number of carbonyl (C=O) groups excluding carboxylic acids is 1. The van der Waals surface area contributed by atoms with Crippen LogP contribution in [0.25, 0.3) is 5.78 Å². The number of carbonyl (C=O) groups is 1. The summed E-state index contributed by atoms with van der Waals surface area (Å²) in [5.74, 6) is 1.50. The van der Waals surface area contributed by atoms with Gasteiger partial charge < -0.3 is 9.80 Å². The minimum absolute atomic E-state index is 0.0332. The van der Waals surface area contributed by atoms with E-state index in [2.05, 4.69) is 29.9 Å². The Morgan fingerprint density at radius 3 is 2.54 bits per heavy atom. The molecule has 0 radical (unpaired) electrons. The maximum absolute atomic E-state index is 12.7. The van der Waals surface area contributed by atoms with Crippen LogP contribution in [0.5, 0.6) is 0 Å². The zero-order valence-corrected chi connectivity index (χ0v) is 15.3. The van der Waals surface area contributed by atoms with Crippen LogP contribution in [-0.4, -0.2) is 72.8 Å². The molecule has 0 unspecified atom stereocenters. The molecule has 0 N–H and O–H groups in total. The van der Waals surface area contributed by atoms with E-state index in [4.69, 9.17) is 0 Å². The summed E-state index contributed by atoms with van der Waals surface area (Å²) in [6.07, 6.45) is 6.60. The molecule has 26 heavy (non-hydrogen) atoms. The normalized spacial score (nSPS) is 14.8. The molecular formula is C16H18N8OS. The average molecular weight is 370 g/mol. The molecule has 0 aliphatic carbocycles. The number of nitrogens with zero attached hydrogens (tertiary/aromatic N) is 8. The van der Waals surface area contributed by atoms with E-state index in [1.165, 1.54) is 18.1 Å². The number of piperazine rings is 1. The molecule has 0 bridgehead atoms. The van der Waals surface area contributed by atoms with Crippen LogP contribution in [0.15, 0.2) is 29.9 Å². The SMILES string of the molecule is CSc1ncc(C(=O)N2CCN(c3cc(C)nc4ncnn34)CC2)cn1. The Kier molecular flexibility index (Phi) is 4.41. The summed E-state index contributed by atoms with van der Waals surface area (Å²) < 4.78 is 1.74. The van der Waals surface area contributed by atoms with Gasteiger partial charge in [0.15, 0.2) is 5.16 Å². The fourth-order valence-corrected chi connectivity index (χ4v) is 3.31. The zero-order chi connectivity index (χ0) is 18.1. The van der Waals surface area contributed by atoms with Gasteiger partial charge in [0.25, 0.3) is 11.7 Å². The van der Waals surface area contributed by atoms with Crippen LogP contribution in [0.2, 0.25) is 0 Å². The number of aryl methyl sites for hydroxylation is 1. The molecule has 3 aromatic rings. The predicted octanol–water partition coefficient (Wildman–Crippen LogP) is 0.907. The molecule has 3 aromatic heterocycles. The Hall–Kier alpha value is -2.75. The first kappa shape index (κ1) is 16.7. The third kappa shape index (κ3) is 3.07. The van der Waals surface area contributed by atoms with Gasteiger partial charge in [-0.05, 0) is 13.2 Å². The van der Waals surface area contributed by atoms with E-state index in [9.17, 15) is 4.79 Å². The van der Waals surface area contributed by atoms with Crippen LogP contribution in [0.1, 0.15) is 16.1 Å². The molecule has 1 aliphatic heterocycles. The van der Waals surface area contributed by atoms with Gasteiger partial charge in [-0.1, -0.05) is 11.8 Å². The lowest BCUT2D eigenvalue weighted by atomic mass is 10.2. The van der Waals surface area contributed by atoms with Crippen LogP contribution in [-0.2, 0) is 0 Å². The molecule has 134 valence electrons. The summed E-state index contributed by atoms with van der Waals surface area (Å²) in [5, 5.41) is 4.92. The number of anilines is 1. The summed E-state index contributed by atoms with van der Waals surface area (Å²) in [5.41, 5.74) is 1.42. The maximum Gasteiger partial charge on any atom is 0.257 e. The molecule has 1 amide bonds. The van der Waals surface area contributed by atoms with Crippen molar-refractivity contribution >= 4 is 29.3 Å². The van der Waals surface area contributed by atoms with Gasteiger partial charge in [-0.3, -0.25) is 4.79 Å². The Balaban J connectivity index is 1.48. The van der Waals surface area contributed by atoms with Crippen molar-refractivity contribution in [2.75, 3.05) is 37.3 Å². The third-order valence-corrected chi connectivity index (χ3v) is 4.89. The highest BCUT2D eigenvalue weighted by Gasteiger charge is 2.24. The topological polar surface area (TPSA) is 92.4 Å². The van der Waals surface area contributed by atoms with E-state index < -0.39 is 0 Å². The highest BCUT2D eigenvalue weighted by atomic mass is 32.2. The molecule has 10 heteroatoms. The van der Waals surface area contributed by atoms with E-state index >= 15 is 0 Å². The largest absolute Gasteiger partial charge is 0.353 e. The van der Waals surface area contributed by atoms with Crippen LogP contribution in [0.3, 0.4) is 0 Å². The minimum atomic E-state index is -0.0332. The number of hydrogen-bond donors (Lipinski definition) is 0. The fraction of sp³-hybridized carbons (Fsp3) is 0.375. The number of amides is 1. The monoisotopic (exact) mass is 370 g/mol. The Morgan fingerprint density at radius 2 is 1.85 bits per heavy atom. The summed E-state index contributed by atoms with van der Waals surface area (Å²) in [7, 11) is 0. The van der Waals surface area contributed by atoms with Crippen LogP contribution in [0, 0.1) is 6.92 Å². The van der Waals surface area contributed by atoms with E-state index in [1.54, 1.807) is 16.9 Å². The fourth-order valence-electron chi connectivity index (χ4n) is 2.99. The summed E-state index contributed by atoms with van der Waals surface area (Å²) >= 11 is 1.45. The molecule has 1 saturated heterocycles. The number of aromatic nitrogens is 6. The van der Waals surface area contributed by atoms with E-state index in [0.717, 1.165) is 11.5 Å². The Bertz CT molecular complexity index is 933. The van der Waals surface area contributed by atoms with Gasteiger partial charge >= 0.3 is 0 Å². The average Bonchev–Trinajstić information content (AvgIpc) is 3.15. The molecule has 9 nitrogen and oxygen atoms in total. The Morgan fingerprint density at radius 1 is 1.12 bits per heavy atom. The second kappa shape index (κ2) is 6.87. The Labute approximate surface area is 154 Å². The first-order valence-corrected chi connectivity index (χ1v) is 9.46. The van der Waals surface area contributed by atoms with Crippen LogP contribution in [0.4, 0.5) is 5.82 Å². The van der Waals surface area contributed by atoms with Gasteiger partial charge in [-0.25, -0.2) is 15.0 Å². The van der Waals surface area contributed by atoms with Crippen molar-refractivity contribution in [1.29, 1.82) is 0 Å². The lowest BCUT2D eigenvalue weighted by molar-refractivity contribution is 0.0745. The summed E-state index contributed by atoms with van der Waals surface area (Å²) in [6.45, 7) is 4.62. The van der Waals surface area contributed by atoms with Gasteiger partial charge in [0.2, 0.25) is 0 Å². The van der Waals surface area contributed by atoms with Gasteiger partial charge in [0.05, 0.1) is 5.56 Å². The highest BCUT2D eigenvalue weighted by molar-refractivity contribution is 7.98. The molecule has 0 aromatic carbocycles. The molecule has 4 heterocycles. The second-order valence-corrected chi connectivity index (χ2v) is 6.74. The second-order valence-electron chi connectivity index (χ2n) is 5.97. The van der Waals surface area contributed by atoms with Crippen molar-refractivity contribution in [3.63, 3.8) is 0 Å². The van der Waals surface area contributed by atoms with E-state index in [0.29, 0.717) is 42.7 Å². The quantitative estimate of drug-likeness (QED) is 0.496. The van der Waals surface area contributed by atoms with Crippen LogP contribution < -0.4 is 4.90 Å². The number of hydrogen-bond acceptors (Lipinski definition) is 8. The molecule has 0 saturated carbocycles. The van der Waals surface area contributed by atoms with Crippen molar-refractivity contribution in [1.82, 2.24) is 34.4 Å². The van der Waals surface area contributed by atoms with Gasteiger partial charge in [0.1, 0.15) is 12.1 Å². The van der Waals surface area contributed by atoms with Crippen LogP contribution >= 0.6 is 11.8 Å². The minimum Gasteiger partial charge on any atom is -0.353 e. The molecule has 4 rings (SSSR count). The number of thioether (sulfide) groups is 1. The zero-order valence-electron chi connectivity index (χ0n) is 14.5. The lowest BCUT2D eigenvalue weighted by Crippen LogP contribution is -2.49. The van der Waals surface area contributed by atoms with Gasteiger partial charge in [-0.2, -0.15) is 14.6 Å². The molecule has 1 fully saturated rings. The summed E-state index contributed by atoms with van der Waals surface area (Å²) in [6, 6.07) is 1.99. The third-order valence-electron chi connectivity index (χ3n) is 4.31. The first-order chi connectivity index (χ1) is 12.7. The molecular weight excluding hydrogens is 352 g/mol. The van der Waals surface area contributed by atoms with Gasteiger partial charge in [0, 0.05) is 50.3 Å². The first-order valence-electron chi connectivity index (χ1n) is 8.23. The van der Waals surface area contributed by atoms with Crippen molar-refractivity contribution in [3.05, 3.63) is 36.0 Å². The van der Waals surface area contributed by atoms with E-state index in [-0.39, 0.29) is 5.91 Å². The van der Waals surface area contributed by atoms with E-state index in [1.807, 2.05) is 24.1 Å². The van der Waals surface area contributed by atoms with Crippen molar-refractivity contribution in [2.24, 2.45) is 0 Å².